The first-order chi connectivity index (χ1) is 31.6. The Morgan fingerprint density at radius 3 is 1.57 bits per heavy atom. The van der Waals surface area contributed by atoms with Gasteiger partial charge in [-0.1, -0.05) is 204 Å². The number of hydrogen-bond acceptors (Lipinski definition) is 10. The van der Waals surface area contributed by atoms with Gasteiger partial charge in [-0.3, -0.25) is 18.6 Å². The van der Waals surface area contributed by atoms with Gasteiger partial charge in [-0.15, -0.1) is 0 Å². The van der Waals surface area contributed by atoms with Crippen LogP contribution < -0.4 is 0 Å². The van der Waals surface area contributed by atoms with Crippen molar-refractivity contribution < 1.29 is 52.5 Å². The Labute approximate surface area is 395 Å². The van der Waals surface area contributed by atoms with E-state index in [-0.39, 0.29) is 19.4 Å². The number of unbranched alkanes of at least 4 members (excludes halogenated alkanes) is 17. The number of phosphoric acid groups is 1. The van der Waals surface area contributed by atoms with E-state index >= 15 is 0 Å². The molecule has 0 aromatic rings. The number of aliphatic hydroxyl groups excluding tert-OH is 2. The van der Waals surface area contributed by atoms with Gasteiger partial charge in [0.15, 0.2) is 6.10 Å². The number of epoxide rings is 1. The first-order valence-electron chi connectivity index (χ1n) is 25.8. The third-order valence-electron chi connectivity index (χ3n) is 11.6. The van der Waals surface area contributed by atoms with E-state index in [0.29, 0.717) is 25.0 Å². The molecule has 1 heterocycles. The van der Waals surface area contributed by atoms with Gasteiger partial charge in [0.05, 0.1) is 32.0 Å². The summed E-state index contributed by atoms with van der Waals surface area (Å²) in [6.45, 7) is 4.59. The van der Waals surface area contributed by atoms with Crippen LogP contribution in [-0.4, -0.2) is 77.9 Å². The van der Waals surface area contributed by atoms with Crippen molar-refractivity contribution in [3.05, 3.63) is 60.8 Å². The summed E-state index contributed by atoms with van der Waals surface area (Å²) in [7, 11) is -4.65. The molecule has 0 spiro atoms. The van der Waals surface area contributed by atoms with Gasteiger partial charge in [0, 0.05) is 12.8 Å². The molecule has 1 rings (SSSR count). The average Bonchev–Trinajstić information content (AvgIpc) is 4.05. The lowest BCUT2D eigenvalue weighted by Gasteiger charge is -2.20. The minimum atomic E-state index is -4.65. The van der Waals surface area contributed by atoms with E-state index in [4.69, 9.17) is 28.4 Å². The number of hydrogen-bond donors (Lipinski definition) is 3. The van der Waals surface area contributed by atoms with Crippen LogP contribution in [0.1, 0.15) is 207 Å². The fourth-order valence-electron chi connectivity index (χ4n) is 7.21. The third-order valence-corrected chi connectivity index (χ3v) is 12.6. The van der Waals surface area contributed by atoms with Crippen molar-refractivity contribution in [3.63, 3.8) is 0 Å². The molecule has 376 valence electrons. The van der Waals surface area contributed by atoms with Gasteiger partial charge in [-0.05, 0) is 57.3 Å². The van der Waals surface area contributed by atoms with Gasteiger partial charge in [0.2, 0.25) is 0 Å². The summed E-state index contributed by atoms with van der Waals surface area (Å²) in [6.07, 6.45) is 51.0. The minimum Gasteiger partial charge on any atom is -0.462 e. The summed E-state index contributed by atoms with van der Waals surface area (Å²) in [5, 5.41) is 18.4. The maximum atomic E-state index is 12.6. The van der Waals surface area contributed by atoms with E-state index in [1.165, 1.54) is 103 Å². The summed E-state index contributed by atoms with van der Waals surface area (Å²) in [4.78, 5) is 35.2. The Balaban J connectivity index is 2.21. The van der Waals surface area contributed by atoms with Crippen LogP contribution in [0, 0.1) is 5.92 Å². The fourth-order valence-corrected chi connectivity index (χ4v) is 8.00. The first kappa shape index (κ1) is 60.6. The van der Waals surface area contributed by atoms with Crippen LogP contribution in [0.3, 0.4) is 0 Å². The quantitative estimate of drug-likeness (QED) is 0.0175. The predicted molar refractivity (Wildman–Crippen MR) is 264 cm³/mol. The second-order valence-corrected chi connectivity index (χ2v) is 19.3. The molecule has 0 aromatic heterocycles. The number of rotatable bonds is 46. The molecule has 1 fully saturated rings. The fraction of sp³-hybridized carbons (Fsp3) is 0.774. The molecular formula is C53H93O11P. The highest BCUT2D eigenvalue weighted by molar-refractivity contribution is 7.47. The van der Waals surface area contributed by atoms with Gasteiger partial charge < -0.3 is 29.3 Å². The number of aliphatic hydroxyl groups is 2. The summed E-state index contributed by atoms with van der Waals surface area (Å²) in [5.74, 6) is -0.132. The molecule has 3 N–H and O–H groups in total. The normalized spacial score (nSPS) is 17.8. The molecule has 12 heteroatoms. The van der Waals surface area contributed by atoms with Crippen LogP contribution in [-0.2, 0) is 37.4 Å². The van der Waals surface area contributed by atoms with Gasteiger partial charge in [0.1, 0.15) is 12.7 Å². The number of esters is 2. The Kier molecular flexibility index (Phi) is 40.1. The van der Waals surface area contributed by atoms with E-state index < -0.39 is 51.8 Å². The van der Waals surface area contributed by atoms with Crippen LogP contribution in [0.25, 0.3) is 0 Å². The molecule has 11 nitrogen and oxygen atoms in total. The van der Waals surface area contributed by atoms with Crippen molar-refractivity contribution >= 4 is 19.8 Å². The zero-order chi connectivity index (χ0) is 47.5. The molecule has 0 aromatic carbocycles. The number of ether oxygens (including phenoxy) is 3. The summed E-state index contributed by atoms with van der Waals surface area (Å²) in [5.41, 5.74) is 0. The molecule has 0 saturated carbocycles. The van der Waals surface area contributed by atoms with Gasteiger partial charge in [0.25, 0.3) is 0 Å². The minimum absolute atomic E-state index is 0.0549. The molecule has 1 aliphatic rings. The van der Waals surface area contributed by atoms with E-state index in [1.807, 2.05) is 12.2 Å². The molecule has 0 radical (unpaired) electrons. The Morgan fingerprint density at radius 1 is 0.600 bits per heavy atom. The van der Waals surface area contributed by atoms with Crippen LogP contribution in [0.4, 0.5) is 0 Å². The van der Waals surface area contributed by atoms with Crippen molar-refractivity contribution in [1.82, 2.24) is 0 Å². The molecule has 0 aliphatic carbocycles. The number of allylic oxidation sites excluding steroid dienone is 8. The van der Waals surface area contributed by atoms with E-state index in [1.54, 1.807) is 0 Å². The van der Waals surface area contributed by atoms with E-state index in [9.17, 15) is 24.2 Å². The van der Waals surface area contributed by atoms with E-state index in [2.05, 4.69) is 69.4 Å². The Bertz CT molecular complexity index is 1340. The average molecular weight is 937 g/mol. The van der Waals surface area contributed by atoms with Crippen molar-refractivity contribution in [2.45, 2.75) is 231 Å². The van der Waals surface area contributed by atoms with Gasteiger partial charge >= 0.3 is 19.8 Å². The molecule has 0 bridgehead atoms. The van der Waals surface area contributed by atoms with Crippen LogP contribution >= 0.6 is 7.82 Å². The highest BCUT2D eigenvalue weighted by Gasteiger charge is 2.36. The SMILES string of the molecule is CC/C=C\CC1OC1C/C=C\C/C=C\C/C=C\C/C=C\CCC(=O)O[C@H](COC(=O)CCCCCCCCCCCCCCCCCCCCC(C)CC)COP(=O)(O)OC[C@@H](O)CO. The highest BCUT2D eigenvalue weighted by Crippen LogP contribution is 2.43. The highest BCUT2D eigenvalue weighted by atomic mass is 31.2. The number of carbonyl (C=O) groups is 2. The topological polar surface area (TPSA) is 161 Å². The van der Waals surface area contributed by atoms with Crippen molar-refractivity contribution in [2.24, 2.45) is 5.92 Å². The van der Waals surface area contributed by atoms with Crippen molar-refractivity contribution in [1.29, 1.82) is 0 Å². The van der Waals surface area contributed by atoms with Crippen LogP contribution in [0.5, 0.6) is 0 Å². The maximum absolute atomic E-state index is 12.6. The maximum Gasteiger partial charge on any atom is 0.472 e. The third kappa shape index (κ3) is 40.4. The summed E-state index contributed by atoms with van der Waals surface area (Å²) >= 11 is 0. The van der Waals surface area contributed by atoms with E-state index in [0.717, 1.165) is 63.7 Å². The van der Waals surface area contributed by atoms with Crippen LogP contribution in [0.2, 0.25) is 0 Å². The zero-order valence-corrected chi connectivity index (χ0v) is 41.9. The van der Waals surface area contributed by atoms with Crippen molar-refractivity contribution in [3.8, 4) is 0 Å². The molecule has 0 amide bonds. The lowest BCUT2D eigenvalue weighted by molar-refractivity contribution is -0.161. The summed E-state index contributed by atoms with van der Waals surface area (Å²) in [6, 6.07) is 0. The number of carbonyl (C=O) groups excluding carboxylic acids is 2. The van der Waals surface area contributed by atoms with Crippen LogP contribution in [0.15, 0.2) is 60.8 Å². The number of phosphoric ester groups is 1. The first-order valence-corrected chi connectivity index (χ1v) is 27.3. The lowest BCUT2D eigenvalue weighted by Crippen LogP contribution is -2.29. The molecule has 1 saturated heterocycles. The predicted octanol–water partition coefficient (Wildman–Crippen LogP) is 13.5. The van der Waals surface area contributed by atoms with Gasteiger partial charge in [-0.25, -0.2) is 4.57 Å². The van der Waals surface area contributed by atoms with Crippen molar-refractivity contribution in [2.75, 3.05) is 26.4 Å². The molecule has 4 unspecified atom stereocenters. The second-order valence-electron chi connectivity index (χ2n) is 17.8. The molecule has 65 heavy (non-hydrogen) atoms. The second kappa shape index (κ2) is 42.9. The summed E-state index contributed by atoms with van der Waals surface area (Å²) < 4.78 is 38.5. The molecule has 1 aliphatic heterocycles. The lowest BCUT2D eigenvalue weighted by atomic mass is 9.99. The molecular weight excluding hydrogens is 844 g/mol. The monoisotopic (exact) mass is 937 g/mol. The Hall–Kier alpha value is -2.37. The molecule has 6 atom stereocenters. The smallest absolute Gasteiger partial charge is 0.462 e. The van der Waals surface area contributed by atoms with Gasteiger partial charge in [-0.2, -0.15) is 0 Å². The largest absolute Gasteiger partial charge is 0.472 e. The Morgan fingerprint density at radius 2 is 1.06 bits per heavy atom. The standard InChI is InChI=1S/C53H93O11P/c1-4-6-33-39-50-51(64-50)40-35-30-26-22-18-15-16-20-24-28-32-37-42-53(57)63-49(46-62-65(58,59)61-44-48(55)43-54)45-60-52(56)41-36-31-27-23-19-14-12-10-8-7-9-11-13-17-21-25-29-34-38-47(3)5-2/h6,16,18,20,22,28,30,32-33,35,47-51,54-55H,4-5,7-15,17,19,21,23-27,29,31,34,36-46H2,1-3H3,(H,58,59)/b20-16-,22-18-,32-28-,33-6-,35-30-/t47?,48-,49+,50?,51?/m0/s1. The zero-order valence-electron chi connectivity index (χ0n) is 41.0.